The molecule has 0 aliphatic carbocycles. The standard InChI is InChI=1S/C23H26FN5O3S/c1-4-19(16-11-12-25-21(14-16)33(3,31)32)26-23(30)28-13-5-6-20-22(28)15(2)27-29(20)18-9-7-17(24)8-10-18/h7-12,14,19H,4-6,13H2,1-3H3,(H,26,30)/t19-/m0/s1. The van der Waals surface area contributed by atoms with Crippen LogP contribution in [0.4, 0.5) is 14.9 Å². The van der Waals surface area contributed by atoms with Gasteiger partial charge < -0.3 is 5.32 Å². The predicted molar refractivity (Wildman–Crippen MR) is 123 cm³/mol. The van der Waals surface area contributed by atoms with Gasteiger partial charge in [-0.1, -0.05) is 6.92 Å². The zero-order valence-electron chi connectivity index (χ0n) is 18.7. The number of aromatic nitrogens is 3. The summed E-state index contributed by atoms with van der Waals surface area (Å²) in [6.45, 7) is 4.31. The average molecular weight is 472 g/mol. The van der Waals surface area contributed by atoms with Gasteiger partial charge in [0.2, 0.25) is 0 Å². The van der Waals surface area contributed by atoms with Crippen LogP contribution in [0, 0.1) is 12.7 Å². The Morgan fingerprint density at radius 2 is 1.97 bits per heavy atom. The summed E-state index contributed by atoms with van der Waals surface area (Å²) < 4.78 is 38.9. The quantitative estimate of drug-likeness (QED) is 0.612. The van der Waals surface area contributed by atoms with E-state index in [0.717, 1.165) is 36.2 Å². The number of hydrogen-bond acceptors (Lipinski definition) is 5. The van der Waals surface area contributed by atoms with E-state index < -0.39 is 9.84 Å². The fraction of sp³-hybridized carbons (Fsp3) is 0.348. The number of sulfone groups is 1. The van der Waals surface area contributed by atoms with Crippen molar-refractivity contribution in [1.29, 1.82) is 0 Å². The molecule has 0 radical (unpaired) electrons. The molecule has 4 rings (SSSR count). The fourth-order valence-electron chi connectivity index (χ4n) is 4.15. The highest BCUT2D eigenvalue weighted by Gasteiger charge is 2.30. The van der Waals surface area contributed by atoms with Gasteiger partial charge in [-0.05, 0) is 68.1 Å². The maximum atomic E-state index is 13.4. The summed E-state index contributed by atoms with van der Waals surface area (Å²) in [6, 6.07) is 8.66. The van der Waals surface area contributed by atoms with Crippen LogP contribution < -0.4 is 10.2 Å². The Balaban J connectivity index is 1.62. The molecule has 33 heavy (non-hydrogen) atoms. The van der Waals surface area contributed by atoms with Crippen LogP contribution >= 0.6 is 0 Å². The molecular weight excluding hydrogens is 445 g/mol. The lowest BCUT2D eigenvalue weighted by molar-refractivity contribution is 0.241. The number of benzene rings is 1. The Labute approximate surface area is 192 Å². The van der Waals surface area contributed by atoms with Crippen molar-refractivity contribution in [3.05, 3.63) is 65.4 Å². The Morgan fingerprint density at radius 3 is 2.64 bits per heavy atom. The Hall–Kier alpha value is -3.27. The van der Waals surface area contributed by atoms with Gasteiger partial charge in [-0.2, -0.15) is 5.10 Å². The highest BCUT2D eigenvalue weighted by atomic mass is 32.2. The van der Waals surface area contributed by atoms with E-state index in [0.29, 0.717) is 24.2 Å². The van der Waals surface area contributed by atoms with Crippen LogP contribution in [-0.2, 0) is 16.3 Å². The van der Waals surface area contributed by atoms with E-state index in [9.17, 15) is 17.6 Å². The van der Waals surface area contributed by atoms with Crippen LogP contribution in [0.5, 0.6) is 0 Å². The van der Waals surface area contributed by atoms with Gasteiger partial charge in [0.15, 0.2) is 14.9 Å². The fourth-order valence-corrected chi connectivity index (χ4v) is 4.75. The van der Waals surface area contributed by atoms with Gasteiger partial charge in [-0.3, -0.25) is 4.90 Å². The molecule has 0 bridgehead atoms. The lowest BCUT2D eigenvalue weighted by Crippen LogP contribution is -2.44. The Bertz CT molecular complexity index is 1290. The van der Waals surface area contributed by atoms with E-state index >= 15 is 0 Å². The third-order valence-electron chi connectivity index (χ3n) is 5.75. The summed E-state index contributed by atoms with van der Waals surface area (Å²) in [5.74, 6) is -0.321. The summed E-state index contributed by atoms with van der Waals surface area (Å²) in [6.07, 6.45) is 4.63. The maximum absolute atomic E-state index is 13.4. The van der Waals surface area contributed by atoms with Crippen LogP contribution in [0.25, 0.3) is 5.69 Å². The second-order valence-electron chi connectivity index (χ2n) is 8.13. The van der Waals surface area contributed by atoms with Crippen LogP contribution in [0.1, 0.15) is 42.8 Å². The number of urea groups is 1. The number of anilines is 1. The normalized spacial score (nSPS) is 14.6. The number of halogens is 1. The number of nitrogens with one attached hydrogen (secondary N) is 1. The zero-order valence-corrected chi connectivity index (χ0v) is 19.6. The number of carbonyl (C=O) groups is 1. The van der Waals surface area contributed by atoms with Gasteiger partial charge in [0.05, 0.1) is 28.8 Å². The molecule has 1 atom stereocenters. The molecule has 1 aliphatic rings. The smallest absolute Gasteiger partial charge is 0.322 e. The van der Waals surface area contributed by atoms with Crippen LogP contribution in [0.2, 0.25) is 0 Å². The van der Waals surface area contributed by atoms with E-state index in [2.05, 4.69) is 15.4 Å². The zero-order chi connectivity index (χ0) is 23.8. The predicted octanol–water partition coefficient (Wildman–Crippen LogP) is 3.73. The molecule has 1 aliphatic heterocycles. The van der Waals surface area contributed by atoms with Crippen molar-refractivity contribution in [2.24, 2.45) is 0 Å². The second kappa shape index (κ2) is 8.93. The highest BCUT2D eigenvalue weighted by Crippen LogP contribution is 2.33. The number of amides is 2. The van der Waals surface area contributed by atoms with Gasteiger partial charge >= 0.3 is 6.03 Å². The van der Waals surface area contributed by atoms with Gasteiger partial charge in [-0.15, -0.1) is 0 Å². The van der Waals surface area contributed by atoms with Crippen molar-refractivity contribution in [3.8, 4) is 5.69 Å². The molecule has 0 spiro atoms. The molecule has 1 N–H and O–H groups in total. The first-order chi connectivity index (χ1) is 15.7. The minimum Gasteiger partial charge on any atom is -0.331 e. The third-order valence-corrected chi connectivity index (χ3v) is 6.73. The van der Waals surface area contributed by atoms with E-state index in [4.69, 9.17) is 0 Å². The van der Waals surface area contributed by atoms with Crippen LogP contribution in [0.3, 0.4) is 0 Å². The molecule has 1 aromatic carbocycles. The Kier molecular flexibility index (Phi) is 6.20. The first kappa shape index (κ1) is 22.9. The van der Waals surface area contributed by atoms with Gasteiger partial charge in [-0.25, -0.2) is 27.3 Å². The second-order valence-corrected chi connectivity index (χ2v) is 10.1. The maximum Gasteiger partial charge on any atom is 0.322 e. The molecule has 174 valence electrons. The number of nitrogens with zero attached hydrogens (tertiary/aromatic N) is 4. The molecule has 0 saturated heterocycles. The number of carbonyl (C=O) groups excluding carboxylic acids is 1. The SMILES string of the molecule is CC[C@H](NC(=O)N1CCCc2c1c(C)nn2-c1ccc(F)cc1)c1ccnc(S(C)(=O)=O)c1. The number of aryl methyl sites for hydroxylation is 1. The monoisotopic (exact) mass is 471 g/mol. The molecule has 10 heteroatoms. The van der Waals surface area contributed by atoms with Crippen molar-refractivity contribution in [2.75, 3.05) is 17.7 Å². The molecule has 3 aromatic rings. The minimum atomic E-state index is -3.46. The Morgan fingerprint density at radius 1 is 1.24 bits per heavy atom. The number of rotatable bonds is 5. The molecule has 8 nitrogen and oxygen atoms in total. The third kappa shape index (κ3) is 4.61. The summed E-state index contributed by atoms with van der Waals surface area (Å²) in [7, 11) is -3.46. The van der Waals surface area contributed by atoms with E-state index in [-0.39, 0.29) is 22.9 Å². The molecule has 0 fully saturated rings. The van der Waals surface area contributed by atoms with Crippen molar-refractivity contribution in [1.82, 2.24) is 20.1 Å². The largest absolute Gasteiger partial charge is 0.331 e. The van der Waals surface area contributed by atoms with Crippen molar-refractivity contribution < 1.29 is 17.6 Å². The number of fused-ring (bicyclic) bond motifs is 1. The van der Waals surface area contributed by atoms with Gasteiger partial charge in [0, 0.05) is 19.0 Å². The van der Waals surface area contributed by atoms with Crippen LogP contribution in [0.15, 0.2) is 47.6 Å². The van der Waals surface area contributed by atoms with Crippen molar-refractivity contribution in [3.63, 3.8) is 0 Å². The number of hydrogen-bond donors (Lipinski definition) is 1. The van der Waals surface area contributed by atoms with E-state index in [1.807, 2.05) is 13.8 Å². The highest BCUT2D eigenvalue weighted by molar-refractivity contribution is 7.90. The first-order valence-electron chi connectivity index (χ1n) is 10.8. The summed E-state index contributed by atoms with van der Waals surface area (Å²) in [5, 5.41) is 7.63. The van der Waals surface area contributed by atoms with E-state index in [1.54, 1.807) is 27.8 Å². The van der Waals surface area contributed by atoms with Gasteiger partial charge in [0.1, 0.15) is 5.82 Å². The average Bonchev–Trinajstić information content (AvgIpc) is 3.14. The molecule has 3 heterocycles. The number of pyridine rings is 1. The van der Waals surface area contributed by atoms with E-state index in [1.165, 1.54) is 24.4 Å². The molecule has 2 amide bonds. The lowest BCUT2D eigenvalue weighted by atomic mass is 10.1. The first-order valence-corrected chi connectivity index (χ1v) is 12.7. The van der Waals surface area contributed by atoms with Crippen LogP contribution in [-0.4, -0.2) is 42.0 Å². The van der Waals surface area contributed by atoms with Gasteiger partial charge in [0.25, 0.3) is 0 Å². The molecule has 0 unspecified atom stereocenters. The van der Waals surface area contributed by atoms with Crippen molar-refractivity contribution in [2.45, 2.75) is 44.2 Å². The minimum absolute atomic E-state index is 0.0237. The topological polar surface area (TPSA) is 97.2 Å². The summed E-state index contributed by atoms with van der Waals surface area (Å²) >= 11 is 0. The summed E-state index contributed by atoms with van der Waals surface area (Å²) in [5.41, 5.74) is 3.78. The lowest BCUT2D eigenvalue weighted by Gasteiger charge is -2.30. The van der Waals surface area contributed by atoms with Crippen molar-refractivity contribution >= 4 is 21.6 Å². The molecular formula is C23H26FN5O3S. The molecule has 0 saturated carbocycles. The summed E-state index contributed by atoms with van der Waals surface area (Å²) in [4.78, 5) is 18.9. The molecule has 2 aromatic heterocycles.